The minimum absolute atomic E-state index is 0.00498. The summed E-state index contributed by atoms with van der Waals surface area (Å²) < 4.78 is 0. The Hall–Kier alpha value is -1.16. The second-order valence-corrected chi connectivity index (χ2v) is 5.49. The Morgan fingerprint density at radius 2 is 1.78 bits per heavy atom. The molecule has 3 unspecified atom stereocenters. The third-order valence-corrected chi connectivity index (χ3v) is 4.46. The van der Waals surface area contributed by atoms with Crippen molar-refractivity contribution in [3.63, 3.8) is 0 Å². The van der Waals surface area contributed by atoms with Gasteiger partial charge in [0.15, 0.2) is 0 Å². The van der Waals surface area contributed by atoms with Gasteiger partial charge >= 0.3 is 0 Å². The van der Waals surface area contributed by atoms with E-state index in [2.05, 4.69) is 0 Å². The monoisotopic (exact) mass is 251 g/mol. The average molecular weight is 251 g/mol. The number of allylic oxidation sites excluding steroid dienone is 2. The molecule has 1 heterocycles. The predicted octanol–water partition coefficient (Wildman–Crippen LogP) is 1.49. The quantitative estimate of drug-likeness (QED) is 0.608. The van der Waals surface area contributed by atoms with Gasteiger partial charge in [-0.25, -0.2) is 0 Å². The van der Waals surface area contributed by atoms with E-state index in [0.717, 1.165) is 0 Å². The Labute approximate surface area is 108 Å². The predicted molar refractivity (Wildman–Crippen MR) is 67.6 cm³/mol. The Bertz CT molecular complexity index is 365. The van der Waals surface area contributed by atoms with Crippen LogP contribution in [0.4, 0.5) is 0 Å². The molecule has 2 rings (SSSR count). The van der Waals surface area contributed by atoms with Crippen molar-refractivity contribution in [3.05, 3.63) is 12.2 Å². The van der Waals surface area contributed by atoms with E-state index in [1.807, 2.05) is 26.0 Å². The lowest BCUT2D eigenvalue weighted by atomic mass is 9.85. The van der Waals surface area contributed by atoms with E-state index < -0.39 is 5.54 Å². The fourth-order valence-corrected chi connectivity index (χ4v) is 3.02. The molecule has 0 aromatic carbocycles. The van der Waals surface area contributed by atoms with E-state index in [4.69, 9.17) is 5.11 Å². The van der Waals surface area contributed by atoms with Crippen LogP contribution < -0.4 is 0 Å². The largest absolute Gasteiger partial charge is 0.396 e. The maximum atomic E-state index is 12.4. The number of carbonyl (C=O) groups excluding carboxylic acids is 2. The van der Waals surface area contributed by atoms with Crippen molar-refractivity contribution >= 4 is 11.8 Å². The van der Waals surface area contributed by atoms with E-state index in [0.29, 0.717) is 25.7 Å². The number of carbonyl (C=O) groups is 2. The van der Waals surface area contributed by atoms with Crippen LogP contribution in [0.15, 0.2) is 12.2 Å². The molecular weight excluding hydrogens is 230 g/mol. The van der Waals surface area contributed by atoms with Crippen molar-refractivity contribution < 1.29 is 14.7 Å². The fourth-order valence-electron chi connectivity index (χ4n) is 3.02. The van der Waals surface area contributed by atoms with Crippen LogP contribution >= 0.6 is 0 Å². The van der Waals surface area contributed by atoms with Crippen LogP contribution in [-0.4, -0.2) is 34.0 Å². The minimum atomic E-state index is -0.541. The number of fused-ring (bicyclic) bond motifs is 1. The van der Waals surface area contributed by atoms with Crippen molar-refractivity contribution in [2.75, 3.05) is 6.61 Å². The molecule has 0 bridgehead atoms. The molecule has 2 amide bonds. The van der Waals surface area contributed by atoms with Gasteiger partial charge in [0.2, 0.25) is 11.8 Å². The van der Waals surface area contributed by atoms with Crippen molar-refractivity contribution in [2.24, 2.45) is 11.8 Å². The molecule has 1 N–H and O–H groups in total. The Morgan fingerprint density at radius 1 is 1.28 bits per heavy atom. The number of amides is 2. The van der Waals surface area contributed by atoms with E-state index in [1.165, 1.54) is 4.90 Å². The van der Waals surface area contributed by atoms with Crippen LogP contribution in [0.3, 0.4) is 0 Å². The zero-order chi connectivity index (χ0) is 13.3. The first-order valence-corrected chi connectivity index (χ1v) is 6.69. The third kappa shape index (κ3) is 1.88. The SMILES string of the molecule is CCC(C)(CCO)N1C(=O)C2CC=CCC2C1=O. The summed E-state index contributed by atoms with van der Waals surface area (Å²) >= 11 is 0. The van der Waals surface area contributed by atoms with Crippen molar-refractivity contribution in [1.82, 2.24) is 4.90 Å². The highest BCUT2D eigenvalue weighted by Crippen LogP contribution is 2.40. The molecule has 1 aliphatic heterocycles. The van der Waals surface area contributed by atoms with Crippen LogP contribution in [0.1, 0.15) is 39.5 Å². The standard InChI is InChI=1S/C14H21NO3/c1-3-14(2,8-9-16)15-12(17)10-6-4-5-7-11(10)13(15)18/h4-5,10-11,16H,3,6-9H2,1-2H3. The van der Waals surface area contributed by atoms with Gasteiger partial charge in [0.05, 0.1) is 11.8 Å². The second kappa shape index (κ2) is 4.84. The number of nitrogens with zero attached hydrogens (tertiary/aromatic N) is 1. The van der Waals surface area contributed by atoms with Crippen LogP contribution in [0.5, 0.6) is 0 Å². The molecule has 3 atom stereocenters. The summed E-state index contributed by atoms with van der Waals surface area (Å²) in [5.74, 6) is -0.446. The third-order valence-electron chi connectivity index (χ3n) is 4.46. The maximum absolute atomic E-state index is 12.4. The minimum Gasteiger partial charge on any atom is -0.396 e. The molecule has 4 heteroatoms. The Kier molecular flexibility index (Phi) is 3.57. The molecule has 1 aliphatic carbocycles. The number of aliphatic hydroxyl groups excluding tert-OH is 1. The molecule has 100 valence electrons. The molecule has 0 spiro atoms. The number of rotatable bonds is 4. The first kappa shape index (κ1) is 13.3. The van der Waals surface area contributed by atoms with E-state index in [-0.39, 0.29) is 30.3 Å². The van der Waals surface area contributed by atoms with Crippen LogP contribution in [0.2, 0.25) is 0 Å². The zero-order valence-corrected chi connectivity index (χ0v) is 11.1. The molecule has 4 nitrogen and oxygen atoms in total. The summed E-state index contributed by atoms with van der Waals surface area (Å²) in [6.45, 7) is 3.84. The summed E-state index contributed by atoms with van der Waals surface area (Å²) in [6.07, 6.45) is 6.46. The van der Waals surface area contributed by atoms with E-state index in [1.54, 1.807) is 0 Å². The smallest absolute Gasteiger partial charge is 0.233 e. The Morgan fingerprint density at radius 3 is 2.17 bits per heavy atom. The van der Waals surface area contributed by atoms with Crippen molar-refractivity contribution in [1.29, 1.82) is 0 Å². The summed E-state index contributed by atoms with van der Waals surface area (Å²) in [7, 11) is 0. The van der Waals surface area contributed by atoms with Gasteiger partial charge in [0.25, 0.3) is 0 Å². The van der Waals surface area contributed by atoms with Crippen LogP contribution in [-0.2, 0) is 9.59 Å². The second-order valence-electron chi connectivity index (χ2n) is 5.49. The van der Waals surface area contributed by atoms with Crippen molar-refractivity contribution in [3.8, 4) is 0 Å². The molecule has 0 aromatic rings. The molecule has 1 fully saturated rings. The number of hydrogen-bond donors (Lipinski definition) is 1. The first-order chi connectivity index (χ1) is 8.55. The van der Waals surface area contributed by atoms with Gasteiger partial charge in [-0.15, -0.1) is 0 Å². The van der Waals surface area contributed by atoms with Gasteiger partial charge in [0, 0.05) is 12.1 Å². The summed E-state index contributed by atoms with van der Waals surface area (Å²) in [5, 5.41) is 9.16. The van der Waals surface area contributed by atoms with Gasteiger partial charge < -0.3 is 5.11 Å². The lowest BCUT2D eigenvalue weighted by Gasteiger charge is -2.36. The van der Waals surface area contributed by atoms with E-state index >= 15 is 0 Å². The first-order valence-electron chi connectivity index (χ1n) is 6.69. The average Bonchev–Trinajstić information content (AvgIpc) is 2.63. The molecule has 2 aliphatic rings. The van der Waals surface area contributed by atoms with Crippen molar-refractivity contribution in [2.45, 2.75) is 45.1 Å². The number of imide groups is 1. The highest BCUT2D eigenvalue weighted by molar-refractivity contribution is 6.06. The molecule has 0 radical (unpaired) electrons. The summed E-state index contributed by atoms with van der Waals surface area (Å²) in [4.78, 5) is 26.3. The van der Waals surface area contributed by atoms with Gasteiger partial charge in [0.1, 0.15) is 0 Å². The lowest BCUT2D eigenvalue weighted by Crippen LogP contribution is -2.50. The van der Waals surface area contributed by atoms with Crippen LogP contribution in [0.25, 0.3) is 0 Å². The van der Waals surface area contributed by atoms with Gasteiger partial charge in [-0.1, -0.05) is 19.1 Å². The number of aliphatic hydroxyl groups is 1. The normalized spacial score (nSPS) is 30.5. The summed E-state index contributed by atoms with van der Waals surface area (Å²) in [6, 6.07) is 0. The molecule has 18 heavy (non-hydrogen) atoms. The van der Waals surface area contributed by atoms with Crippen LogP contribution in [0, 0.1) is 11.8 Å². The molecule has 0 saturated carbocycles. The fraction of sp³-hybridized carbons (Fsp3) is 0.714. The van der Waals surface area contributed by atoms with E-state index in [9.17, 15) is 9.59 Å². The summed E-state index contributed by atoms with van der Waals surface area (Å²) in [5.41, 5.74) is -0.541. The topological polar surface area (TPSA) is 57.6 Å². The van der Waals surface area contributed by atoms with Gasteiger partial charge in [-0.3, -0.25) is 14.5 Å². The lowest BCUT2D eigenvalue weighted by molar-refractivity contribution is -0.147. The number of hydrogen-bond acceptors (Lipinski definition) is 3. The maximum Gasteiger partial charge on any atom is 0.233 e. The zero-order valence-electron chi connectivity index (χ0n) is 11.1. The van der Waals surface area contributed by atoms with Gasteiger partial charge in [-0.2, -0.15) is 0 Å². The highest BCUT2D eigenvalue weighted by atomic mass is 16.3. The molecule has 1 saturated heterocycles. The Balaban J connectivity index is 2.29. The molecule has 0 aromatic heterocycles. The highest BCUT2D eigenvalue weighted by Gasteiger charge is 2.52. The van der Waals surface area contributed by atoms with Gasteiger partial charge in [-0.05, 0) is 32.6 Å². The molecular formula is C14H21NO3. The number of likely N-dealkylation sites (tertiary alicyclic amines) is 1.